The normalized spacial score (nSPS) is 20.4. The fraction of sp³-hybridized carbons (Fsp3) is 0.538. The molecule has 1 heterocycles. The number of aliphatic hydroxyl groups excluding tert-OH is 1. The van der Waals surface area contributed by atoms with E-state index in [1.807, 2.05) is 0 Å². The van der Waals surface area contributed by atoms with Gasteiger partial charge in [0.25, 0.3) is 0 Å². The minimum absolute atomic E-state index is 0.00949. The van der Waals surface area contributed by atoms with E-state index >= 15 is 0 Å². The van der Waals surface area contributed by atoms with Crippen molar-refractivity contribution in [3.63, 3.8) is 0 Å². The minimum atomic E-state index is -3.81. The second-order valence-corrected chi connectivity index (χ2v) is 6.74. The molecule has 0 saturated carbocycles. The van der Waals surface area contributed by atoms with Crippen molar-refractivity contribution in [3.8, 4) is 0 Å². The Morgan fingerprint density at radius 2 is 2.05 bits per heavy atom. The highest BCUT2D eigenvalue weighted by Gasteiger charge is 2.35. The van der Waals surface area contributed by atoms with Gasteiger partial charge in [-0.3, -0.25) is 0 Å². The van der Waals surface area contributed by atoms with E-state index in [2.05, 4.69) is 0 Å². The van der Waals surface area contributed by atoms with Crippen molar-refractivity contribution in [3.05, 3.63) is 29.8 Å². The van der Waals surface area contributed by atoms with Crippen LogP contribution in [0.15, 0.2) is 23.1 Å². The van der Waals surface area contributed by atoms with Crippen LogP contribution in [0.25, 0.3) is 0 Å². The lowest BCUT2D eigenvalue weighted by Crippen LogP contribution is -2.35. The van der Waals surface area contributed by atoms with Crippen molar-refractivity contribution in [2.75, 3.05) is 13.2 Å². The van der Waals surface area contributed by atoms with Gasteiger partial charge < -0.3 is 5.11 Å². The number of hydrogen-bond acceptors (Lipinski definition) is 3. The van der Waals surface area contributed by atoms with Crippen molar-refractivity contribution >= 4 is 10.0 Å². The molecule has 1 aromatic carbocycles. The maximum Gasteiger partial charge on any atom is 0.243 e. The van der Waals surface area contributed by atoms with Crippen molar-refractivity contribution in [2.24, 2.45) is 0 Å². The van der Waals surface area contributed by atoms with Gasteiger partial charge in [0, 0.05) is 19.2 Å². The first-order valence-corrected chi connectivity index (χ1v) is 7.98. The third-order valence-electron chi connectivity index (χ3n) is 3.52. The highest BCUT2D eigenvalue weighted by atomic mass is 32.2. The van der Waals surface area contributed by atoms with Crippen LogP contribution in [0.3, 0.4) is 0 Å². The summed E-state index contributed by atoms with van der Waals surface area (Å²) in [4.78, 5) is -0.229. The SMILES string of the molecule is O=S(=O)(c1ccc(F)c(F)c1)N1CCCC1CCCO. The lowest BCUT2D eigenvalue weighted by atomic mass is 10.1. The average molecular weight is 305 g/mol. The average Bonchev–Trinajstić information content (AvgIpc) is 2.88. The Morgan fingerprint density at radius 3 is 2.70 bits per heavy atom. The molecule has 1 aromatic rings. The smallest absolute Gasteiger partial charge is 0.243 e. The molecule has 1 unspecified atom stereocenters. The molecule has 0 aromatic heterocycles. The van der Waals surface area contributed by atoms with E-state index in [1.54, 1.807) is 0 Å². The number of benzene rings is 1. The summed E-state index contributed by atoms with van der Waals surface area (Å²) in [7, 11) is -3.81. The summed E-state index contributed by atoms with van der Waals surface area (Å²) in [5.41, 5.74) is 0. The zero-order valence-corrected chi connectivity index (χ0v) is 11.7. The second kappa shape index (κ2) is 6.15. The van der Waals surface area contributed by atoms with Gasteiger partial charge in [-0.15, -0.1) is 0 Å². The Bertz CT molecular complexity index is 577. The molecule has 1 aliphatic heterocycles. The first kappa shape index (κ1) is 15.3. The standard InChI is InChI=1S/C13H17F2NO3S/c14-12-6-5-11(9-13(12)15)20(18,19)16-7-1-3-10(16)4-2-8-17/h5-6,9-10,17H,1-4,7-8H2. The van der Waals surface area contributed by atoms with Crippen LogP contribution in [0.1, 0.15) is 25.7 Å². The Labute approximate surface area is 117 Å². The van der Waals surface area contributed by atoms with E-state index in [1.165, 1.54) is 4.31 Å². The topological polar surface area (TPSA) is 57.6 Å². The van der Waals surface area contributed by atoms with Crippen LogP contribution < -0.4 is 0 Å². The Kier molecular flexibility index (Phi) is 4.72. The van der Waals surface area contributed by atoms with E-state index in [-0.39, 0.29) is 17.5 Å². The molecule has 0 bridgehead atoms. The molecular formula is C13H17F2NO3S. The van der Waals surface area contributed by atoms with Gasteiger partial charge in [-0.1, -0.05) is 0 Å². The number of sulfonamides is 1. The molecule has 7 heteroatoms. The van der Waals surface area contributed by atoms with Crippen molar-refractivity contribution in [1.29, 1.82) is 0 Å². The number of nitrogens with zero attached hydrogens (tertiary/aromatic N) is 1. The van der Waals surface area contributed by atoms with Crippen LogP contribution in [0.2, 0.25) is 0 Å². The monoisotopic (exact) mass is 305 g/mol. The van der Waals surface area contributed by atoms with Gasteiger partial charge in [0.1, 0.15) is 0 Å². The Morgan fingerprint density at radius 1 is 1.30 bits per heavy atom. The molecule has 0 amide bonds. The fourth-order valence-corrected chi connectivity index (χ4v) is 4.25. The third-order valence-corrected chi connectivity index (χ3v) is 5.46. The zero-order valence-electron chi connectivity index (χ0n) is 10.9. The summed E-state index contributed by atoms with van der Waals surface area (Å²) in [5, 5.41) is 8.84. The van der Waals surface area contributed by atoms with Crippen LogP contribution in [-0.2, 0) is 10.0 Å². The van der Waals surface area contributed by atoms with Gasteiger partial charge in [-0.05, 0) is 43.9 Å². The summed E-state index contributed by atoms with van der Waals surface area (Å²) in [6.45, 7) is 0.382. The van der Waals surface area contributed by atoms with E-state index in [0.29, 0.717) is 25.5 Å². The molecule has 112 valence electrons. The fourth-order valence-electron chi connectivity index (χ4n) is 2.51. The molecule has 0 aliphatic carbocycles. The lowest BCUT2D eigenvalue weighted by Gasteiger charge is -2.24. The largest absolute Gasteiger partial charge is 0.396 e. The summed E-state index contributed by atoms with van der Waals surface area (Å²) < 4.78 is 52.3. The summed E-state index contributed by atoms with van der Waals surface area (Å²) >= 11 is 0. The molecule has 0 radical (unpaired) electrons. The van der Waals surface area contributed by atoms with Gasteiger partial charge in [-0.25, -0.2) is 17.2 Å². The number of rotatable bonds is 5. The third kappa shape index (κ3) is 2.99. The molecule has 1 fully saturated rings. The number of halogens is 2. The highest BCUT2D eigenvalue weighted by molar-refractivity contribution is 7.89. The van der Waals surface area contributed by atoms with Gasteiger partial charge in [-0.2, -0.15) is 4.31 Å². The zero-order chi connectivity index (χ0) is 14.8. The number of aliphatic hydroxyl groups is 1. The molecule has 1 saturated heterocycles. The molecular weight excluding hydrogens is 288 g/mol. The predicted molar refractivity (Wildman–Crippen MR) is 69.6 cm³/mol. The van der Waals surface area contributed by atoms with Crippen LogP contribution in [0.5, 0.6) is 0 Å². The van der Waals surface area contributed by atoms with E-state index in [9.17, 15) is 17.2 Å². The highest BCUT2D eigenvalue weighted by Crippen LogP contribution is 2.29. The first-order chi connectivity index (χ1) is 9.46. The molecule has 1 N–H and O–H groups in total. The quantitative estimate of drug-likeness (QED) is 0.904. The first-order valence-electron chi connectivity index (χ1n) is 6.54. The maximum absolute atomic E-state index is 13.2. The summed E-state index contributed by atoms with van der Waals surface area (Å²) in [6, 6.07) is 2.43. The molecule has 0 spiro atoms. The number of hydrogen-bond donors (Lipinski definition) is 1. The van der Waals surface area contributed by atoms with Crippen LogP contribution in [0.4, 0.5) is 8.78 Å². The van der Waals surface area contributed by atoms with Crippen LogP contribution >= 0.6 is 0 Å². The summed E-state index contributed by atoms with van der Waals surface area (Å²) in [5.74, 6) is -2.24. The molecule has 1 atom stereocenters. The minimum Gasteiger partial charge on any atom is -0.396 e. The molecule has 1 aliphatic rings. The Hall–Kier alpha value is -1.05. The van der Waals surface area contributed by atoms with Crippen LogP contribution in [0, 0.1) is 11.6 Å². The van der Waals surface area contributed by atoms with E-state index in [4.69, 9.17) is 5.11 Å². The van der Waals surface area contributed by atoms with E-state index < -0.39 is 21.7 Å². The second-order valence-electron chi connectivity index (χ2n) is 4.85. The maximum atomic E-state index is 13.2. The summed E-state index contributed by atoms with van der Waals surface area (Å²) in [6.07, 6.45) is 2.55. The predicted octanol–water partition coefficient (Wildman–Crippen LogP) is 1.89. The molecule has 4 nitrogen and oxygen atoms in total. The van der Waals surface area contributed by atoms with Crippen molar-refractivity contribution in [2.45, 2.75) is 36.6 Å². The molecule has 20 heavy (non-hydrogen) atoms. The molecule has 2 rings (SSSR count). The van der Waals surface area contributed by atoms with Gasteiger partial charge in [0.2, 0.25) is 10.0 Å². The lowest BCUT2D eigenvalue weighted by molar-refractivity contribution is 0.264. The van der Waals surface area contributed by atoms with E-state index in [0.717, 1.165) is 25.0 Å². The van der Waals surface area contributed by atoms with Gasteiger partial charge in [0.05, 0.1) is 4.90 Å². The Balaban J connectivity index is 2.26. The van der Waals surface area contributed by atoms with Gasteiger partial charge in [0.15, 0.2) is 11.6 Å². The van der Waals surface area contributed by atoms with Gasteiger partial charge >= 0.3 is 0 Å². The van der Waals surface area contributed by atoms with Crippen molar-refractivity contribution in [1.82, 2.24) is 4.31 Å². The van der Waals surface area contributed by atoms with Crippen molar-refractivity contribution < 1.29 is 22.3 Å². The van der Waals surface area contributed by atoms with Crippen LogP contribution in [-0.4, -0.2) is 37.0 Å².